The van der Waals surface area contributed by atoms with Crippen molar-refractivity contribution >= 4 is 0 Å². The molecule has 0 aliphatic heterocycles. The van der Waals surface area contributed by atoms with Crippen molar-refractivity contribution in [3.05, 3.63) is 253 Å². The minimum atomic E-state index is -3.18. The Morgan fingerprint density at radius 3 is 1.34 bits per heavy atom. The van der Waals surface area contributed by atoms with Gasteiger partial charge in [0.1, 0.15) is 23.0 Å². The molecule has 4 aromatic heterocycles. The van der Waals surface area contributed by atoms with Crippen LogP contribution in [0.25, 0.3) is 22.3 Å². The van der Waals surface area contributed by atoms with Crippen LogP contribution in [0.4, 0.5) is 8.78 Å². The summed E-state index contributed by atoms with van der Waals surface area (Å²) in [6, 6.07) is 39.1. The fourth-order valence-electron chi connectivity index (χ4n) is 11.1. The highest BCUT2D eigenvalue weighted by Gasteiger charge is 2.45. The van der Waals surface area contributed by atoms with Gasteiger partial charge in [-0.15, -0.1) is 0 Å². The zero-order valence-electron chi connectivity index (χ0n) is 53.8. The SMILES string of the molecule is C=COCCCCCCOc1ccc(Cc2ccc3c(c2)C(F)(F)c2cc(OCOc4ccc(OCCCCCCOC=C)cn4)ccc2-3)nc1.C=COCCCOc1ccc(CCc2ccc3c(c2)Cc2cc(CCc4ccc(OCCCOC=C)nc4)ccc2-3)nc1. The van der Waals surface area contributed by atoms with Crippen molar-refractivity contribution in [3.63, 3.8) is 0 Å². The van der Waals surface area contributed by atoms with Crippen molar-refractivity contribution in [2.24, 2.45) is 0 Å². The molecule has 0 unspecified atom stereocenters. The Labute approximate surface area is 552 Å². The van der Waals surface area contributed by atoms with Crippen molar-refractivity contribution in [1.82, 2.24) is 19.9 Å². The lowest BCUT2D eigenvalue weighted by molar-refractivity contribution is 0.0471. The van der Waals surface area contributed by atoms with Crippen LogP contribution in [-0.4, -0.2) is 79.6 Å². The second kappa shape index (κ2) is 37.1. The number of benzene rings is 4. The van der Waals surface area contributed by atoms with Gasteiger partial charge in [0.05, 0.1) is 96.5 Å². The van der Waals surface area contributed by atoms with Crippen LogP contribution in [0.2, 0.25) is 0 Å². The molecule has 4 aromatic carbocycles. The van der Waals surface area contributed by atoms with Crippen LogP contribution < -0.4 is 28.4 Å². The number of ether oxygens (including phenoxy) is 10. The predicted octanol–water partition coefficient (Wildman–Crippen LogP) is 17.3. The number of unbranched alkanes of at least 4 members (excludes halogenated alkanes) is 6. The summed E-state index contributed by atoms with van der Waals surface area (Å²) in [5, 5.41) is 0. The molecule has 0 spiro atoms. The second-order valence-electron chi connectivity index (χ2n) is 22.8. The summed E-state index contributed by atoms with van der Waals surface area (Å²) in [5.41, 5.74) is 12.9. The first-order valence-electron chi connectivity index (χ1n) is 32.6. The van der Waals surface area contributed by atoms with Gasteiger partial charge in [-0.25, -0.2) is 9.97 Å². The maximum atomic E-state index is 15.8. The van der Waals surface area contributed by atoms with E-state index < -0.39 is 5.92 Å². The fourth-order valence-corrected chi connectivity index (χ4v) is 11.1. The number of alkyl halides is 2. The van der Waals surface area contributed by atoms with Gasteiger partial charge in [0.2, 0.25) is 18.6 Å². The molecule has 4 heterocycles. The van der Waals surface area contributed by atoms with Gasteiger partial charge in [-0.2, -0.15) is 8.78 Å². The average molecular weight is 1280 g/mol. The minimum absolute atomic E-state index is 0.0240. The maximum Gasteiger partial charge on any atom is 0.299 e. The highest BCUT2D eigenvalue weighted by Crippen LogP contribution is 2.52. The van der Waals surface area contributed by atoms with E-state index in [0.717, 1.165) is 119 Å². The molecule has 0 bridgehead atoms. The van der Waals surface area contributed by atoms with Crippen molar-refractivity contribution < 1.29 is 56.1 Å². The third-order valence-electron chi connectivity index (χ3n) is 16.0. The number of fused-ring (bicyclic) bond motifs is 6. The molecule has 0 radical (unpaired) electrons. The third kappa shape index (κ3) is 21.2. The van der Waals surface area contributed by atoms with E-state index in [-0.39, 0.29) is 23.7 Å². The summed E-state index contributed by atoms with van der Waals surface area (Å²) >= 11 is 0. The van der Waals surface area contributed by atoms with Crippen molar-refractivity contribution in [2.45, 2.75) is 109 Å². The molecule has 2 aliphatic carbocycles. The summed E-state index contributed by atoms with van der Waals surface area (Å²) < 4.78 is 86.3. The van der Waals surface area contributed by atoms with E-state index in [1.807, 2.05) is 42.7 Å². The Kier molecular flexibility index (Phi) is 27.1. The van der Waals surface area contributed by atoms with Gasteiger partial charge >= 0.3 is 0 Å². The number of aromatic nitrogens is 4. The Bertz CT molecular complexity index is 3530. The molecule has 16 heteroatoms. The quantitative estimate of drug-likeness (QED) is 0.0203. The van der Waals surface area contributed by atoms with Gasteiger partial charge < -0.3 is 47.4 Å². The lowest BCUT2D eigenvalue weighted by atomic mass is 9.99. The number of pyridine rings is 4. The number of halogens is 2. The smallest absolute Gasteiger partial charge is 0.299 e. The zero-order chi connectivity index (χ0) is 65.4. The van der Waals surface area contributed by atoms with E-state index in [9.17, 15) is 0 Å². The molecule has 492 valence electrons. The molecule has 0 fully saturated rings. The van der Waals surface area contributed by atoms with Crippen molar-refractivity contribution in [3.8, 4) is 57.0 Å². The van der Waals surface area contributed by atoms with Crippen LogP contribution in [-0.2, 0) is 63.4 Å². The summed E-state index contributed by atoms with van der Waals surface area (Å²) in [7, 11) is 0. The largest absolute Gasteiger partial charge is 0.502 e. The van der Waals surface area contributed by atoms with Crippen LogP contribution in [0.1, 0.15) is 120 Å². The van der Waals surface area contributed by atoms with Gasteiger partial charge in [0.25, 0.3) is 5.92 Å². The van der Waals surface area contributed by atoms with Crippen LogP contribution in [0.3, 0.4) is 0 Å². The Hall–Kier alpha value is -9.70. The lowest BCUT2D eigenvalue weighted by Crippen LogP contribution is -2.12. The Morgan fingerprint density at radius 1 is 0.351 bits per heavy atom. The molecule has 0 N–H and O–H groups in total. The molecule has 0 amide bonds. The van der Waals surface area contributed by atoms with E-state index in [1.54, 1.807) is 48.8 Å². The van der Waals surface area contributed by atoms with E-state index in [2.05, 4.69) is 94.8 Å². The van der Waals surface area contributed by atoms with Gasteiger partial charge in [0.15, 0.2) is 0 Å². The lowest BCUT2D eigenvalue weighted by Gasteiger charge is -2.14. The summed E-state index contributed by atoms with van der Waals surface area (Å²) in [4.78, 5) is 17.8. The Balaban J connectivity index is 0.000000224. The summed E-state index contributed by atoms with van der Waals surface area (Å²) in [6.07, 6.45) is 27.8. The molecule has 0 saturated carbocycles. The molecular formula is C78H86F2N4O10. The van der Waals surface area contributed by atoms with E-state index in [4.69, 9.17) is 47.4 Å². The topological polar surface area (TPSA) is 144 Å². The standard InChI is InChI=1S/C41H46F2N2O6.C37H40N2O4/c1-3-46-21-9-5-7-11-23-48-34-15-14-32(44-28-34)25-31-13-18-36-37-19-16-33(27-39(37)41(42,43)38(36)26-31)50-30-51-40-20-17-35(29-45-40)49-24-12-8-6-10-22-47-4-2;1-3-40-19-5-21-42-34-15-14-33(38-27-34)13-9-29-11-17-36-32(24-29)25-31-23-28(10-16-35(31)36)7-8-30-12-18-37(39-26-30)43-22-6-20-41-4-2/h3-4,13-20,26-29H,1-2,5-12,21-25,30H2;3-4,10-12,14-18,23-24,26-27H,1-2,5-9,13,19-22,25H2. The van der Waals surface area contributed by atoms with Crippen LogP contribution >= 0.6 is 0 Å². The molecular weight excluding hydrogens is 1190 g/mol. The first-order valence-corrected chi connectivity index (χ1v) is 32.6. The number of aryl methyl sites for hydroxylation is 4. The van der Waals surface area contributed by atoms with Crippen LogP contribution in [0.15, 0.2) is 197 Å². The minimum Gasteiger partial charge on any atom is -0.502 e. The number of hydrogen-bond donors (Lipinski definition) is 0. The second-order valence-corrected chi connectivity index (χ2v) is 22.8. The molecule has 14 nitrogen and oxygen atoms in total. The zero-order valence-corrected chi connectivity index (χ0v) is 53.8. The normalized spacial score (nSPS) is 11.9. The third-order valence-corrected chi connectivity index (χ3v) is 16.0. The molecule has 10 rings (SSSR count). The predicted molar refractivity (Wildman–Crippen MR) is 363 cm³/mol. The highest BCUT2D eigenvalue weighted by atomic mass is 19.3. The number of nitrogens with zero attached hydrogens (tertiary/aromatic N) is 4. The maximum absolute atomic E-state index is 15.8. The summed E-state index contributed by atoms with van der Waals surface area (Å²) in [5.74, 6) is 0.215. The van der Waals surface area contributed by atoms with Gasteiger partial charge in [0, 0.05) is 60.1 Å². The first kappa shape index (κ1) is 68.7. The molecule has 8 aromatic rings. The number of rotatable bonds is 42. The molecule has 94 heavy (non-hydrogen) atoms. The van der Waals surface area contributed by atoms with E-state index in [1.165, 1.54) is 70.1 Å². The first-order chi connectivity index (χ1) is 46.2. The molecule has 0 atom stereocenters. The van der Waals surface area contributed by atoms with Crippen LogP contribution in [0.5, 0.6) is 34.8 Å². The monoisotopic (exact) mass is 1280 g/mol. The van der Waals surface area contributed by atoms with Crippen LogP contribution in [0, 0.1) is 0 Å². The van der Waals surface area contributed by atoms with E-state index in [0.29, 0.717) is 93.7 Å². The van der Waals surface area contributed by atoms with Gasteiger partial charge in [-0.05, 0) is 188 Å². The Morgan fingerprint density at radius 2 is 0.787 bits per heavy atom. The summed E-state index contributed by atoms with van der Waals surface area (Å²) in [6.45, 7) is 18.9. The molecule has 2 aliphatic rings. The van der Waals surface area contributed by atoms with Crippen molar-refractivity contribution in [2.75, 3.05) is 59.6 Å². The van der Waals surface area contributed by atoms with Gasteiger partial charge in [-0.1, -0.05) is 87.0 Å². The molecule has 0 saturated heterocycles. The van der Waals surface area contributed by atoms with Gasteiger partial charge in [-0.3, -0.25) is 9.97 Å². The number of hydrogen-bond acceptors (Lipinski definition) is 14. The average Bonchev–Trinajstić information content (AvgIpc) is 1.58. The van der Waals surface area contributed by atoms with E-state index >= 15 is 8.78 Å². The highest BCUT2D eigenvalue weighted by molar-refractivity contribution is 5.80. The fraction of sp³-hybridized carbons (Fsp3) is 0.333. The van der Waals surface area contributed by atoms with Crippen molar-refractivity contribution in [1.29, 1.82) is 0 Å².